The van der Waals surface area contributed by atoms with E-state index >= 15 is 0 Å². The highest BCUT2D eigenvalue weighted by Crippen LogP contribution is 2.28. The Morgan fingerprint density at radius 2 is 1.65 bits per heavy atom. The van der Waals surface area contributed by atoms with E-state index in [9.17, 15) is 14.0 Å². The molecule has 2 amide bonds. The molecule has 3 aromatic carbocycles. The highest BCUT2D eigenvalue weighted by atomic mass is 35.5. The highest BCUT2D eigenvalue weighted by molar-refractivity contribution is 6.31. The minimum atomic E-state index is -1.03. The van der Waals surface area contributed by atoms with Crippen molar-refractivity contribution in [3.63, 3.8) is 0 Å². The fraction of sp³-hybridized carbons (Fsp3) is 0.0769. The van der Waals surface area contributed by atoms with Crippen LogP contribution in [-0.4, -0.2) is 26.7 Å². The number of carbonyl (C=O) groups excluding carboxylic acids is 2. The Balaban J connectivity index is 1.78. The zero-order valence-corrected chi connectivity index (χ0v) is 18.7. The van der Waals surface area contributed by atoms with Gasteiger partial charge in [-0.1, -0.05) is 60.1 Å². The van der Waals surface area contributed by atoms with Crippen molar-refractivity contribution >= 4 is 29.1 Å². The van der Waals surface area contributed by atoms with Crippen molar-refractivity contribution in [2.75, 3.05) is 5.32 Å². The van der Waals surface area contributed by atoms with E-state index in [-0.39, 0.29) is 12.2 Å². The molecule has 6 nitrogen and oxygen atoms in total. The topological polar surface area (TPSA) is 75.2 Å². The lowest BCUT2D eigenvalue weighted by atomic mass is 10.0. The molecule has 0 radical (unpaired) electrons. The number of carbonyl (C=O) groups is 2. The summed E-state index contributed by atoms with van der Waals surface area (Å²) in [5.41, 5.74) is 1.74. The van der Waals surface area contributed by atoms with Crippen molar-refractivity contribution < 1.29 is 14.0 Å². The van der Waals surface area contributed by atoms with Crippen LogP contribution in [0.15, 0.2) is 97.5 Å². The van der Waals surface area contributed by atoms with Gasteiger partial charge in [-0.15, -0.1) is 0 Å². The lowest BCUT2D eigenvalue weighted by molar-refractivity contribution is -0.121. The van der Waals surface area contributed by atoms with Crippen molar-refractivity contribution in [1.82, 2.24) is 14.9 Å². The van der Waals surface area contributed by atoms with Crippen molar-refractivity contribution in [1.29, 1.82) is 0 Å². The van der Waals surface area contributed by atoms with Crippen molar-refractivity contribution in [3.8, 4) is 0 Å². The number of nitrogens with one attached hydrogen (secondary N) is 1. The monoisotopic (exact) mass is 474 g/mol. The van der Waals surface area contributed by atoms with E-state index in [0.29, 0.717) is 21.8 Å². The maximum absolute atomic E-state index is 13.6. The first kappa shape index (κ1) is 23.1. The lowest BCUT2D eigenvalue weighted by Crippen LogP contribution is -2.41. The van der Waals surface area contributed by atoms with Gasteiger partial charge in [0.15, 0.2) is 0 Å². The Bertz CT molecular complexity index is 1270. The van der Waals surface area contributed by atoms with Gasteiger partial charge in [-0.3, -0.25) is 14.6 Å². The predicted molar refractivity (Wildman–Crippen MR) is 128 cm³/mol. The molecule has 0 saturated heterocycles. The van der Waals surface area contributed by atoms with E-state index in [2.05, 4.69) is 15.3 Å². The molecule has 1 N–H and O–H groups in total. The number of halogens is 2. The average Bonchev–Trinajstić information content (AvgIpc) is 2.87. The van der Waals surface area contributed by atoms with Crippen LogP contribution < -0.4 is 5.32 Å². The lowest BCUT2D eigenvalue weighted by Gasteiger charge is -2.31. The summed E-state index contributed by atoms with van der Waals surface area (Å²) in [5.74, 6) is -1.38. The molecule has 1 aromatic heterocycles. The van der Waals surface area contributed by atoms with Crippen LogP contribution in [0.5, 0.6) is 0 Å². The van der Waals surface area contributed by atoms with Gasteiger partial charge in [-0.2, -0.15) is 0 Å². The van der Waals surface area contributed by atoms with E-state index in [4.69, 9.17) is 11.6 Å². The highest BCUT2D eigenvalue weighted by Gasteiger charge is 2.33. The Morgan fingerprint density at radius 3 is 2.32 bits per heavy atom. The normalized spacial score (nSPS) is 11.5. The van der Waals surface area contributed by atoms with Crippen molar-refractivity contribution in [2.24, 2.45) is 0 Å². The first-order chi connectivity index (χ1) is 16.5. The second-order valence-corrected chi connectivity index (χ2v) is 7.83. The van der Waals surface area contributed by atoms with Crippen LogP contribution in [0, 0.1) is 5.82 Å². The maximum Gasteiger partial charge on any atom is 0.275 e. The molecule has 0 saturated carbocycles. The van der Waals surface area contributed by atoms with Gasteiger partial charge < -0.3 is 10.2 Å². The zero-order chi connectivity index (χ0) is 23.9. The van der Waals surface area contributed by atoms with Gasteiger partial charge in [0.25, 0.3) is 11.8 Å². The first-order valence-electron chi connectivity index (χ1n) is 10.4. The van der Waals surface area contributed by atoms with Crippen molar-refractivity contribution in [3.05, 3.63) is 125 Å². The van der Waals surface area contributed by atoms with E-state index in [1.54, 1.807) is 42.5 Å². The molecule has 4 aromatic rings. The minimum Gasteiger partial charge on any atom is -0.324 e. The van der Waals surface area contributed by atoms with Crippen LogP contribution in [0.3, 0.4) is 0 Å². The second-order valence-electron chi connectivity index (χ2n) is 7.42. The SMILES string of the molecule is O=C(Nc1ccc(F)cc1)[C@@H](c1ccccc1)N(Cc1ccccc1Cl)C(=O)c1cnccn1. The molecule has 1 heterocycles. The number of benzene rings is 3. The number of anilines is 1. The molecule has 170 valence electrons. The van der Waals surface area contributed by atoms with Gasteiger partial charge in [-0.05, 0) is 41.5 Å². The minimum absolute atomic E-state index is 0.0471. The average molecular weight is 475 g/mol. The van der Waals surface area contributed by atoms with Gasteiger partial charge in [0.05, 0.1) is 6.20 Å². The maximum atomic E-state index is 13.6. The Kier molecular flexibility index (Phi) is 7.25. The third-order valence-corrected chi connectivity index (χ3v) is 5.50. The van der Waals surface area contributed by atoms with E-state index in [1.165, 1.54) is 47.8 Å². The Hall–Kier alpha value is -4.10. The number of rotatable bonds is 7. The predicted octanol–water partition coefficient (Wildman–Crippen LogP) is 5.29. The van der Waals surface area contributed by atoms with E-state index in [0.717, 1.165) is 0 Å². The molecule has 8 heteroatoms. The number of nitrogens with zero attached hydrogens (tertiary/aromatic N) is 3. The van der Waals surface area contributed by atoms with Gasteiger partial charge in [0.1, 0.15) is 17.6 Å². The summed E-state index contributed by atoms with van der Waals surface area (Å²) in [6.45, 7) is 0.0471. The van der Waals surface area contributed by atoms with Crippen LogP contribution in [0.2, 0.25) is 5.02 Å². The molecule has 0 fully saturated rings. The van der Waals surface area contributed by atoms with Gasteiger partial charge >= 0.3 is 0 Å². The first-order valence-corrected chi connectivity index (χ1v) is 10.8. The molecule has 0 aliphatic carbocycles. The molecular formula is C26H20ClFN4O2. The largest absolute Gasteiger partial charge is 0.324 e. The van der Waals surface area contributed by atoms with E-state index in [1.807, 2.05) is 12.1 Å². The molecule has 4 rings (SSSR count). The quantitative estimate of drug-likeness (QED) is 0.395. The summed E-state index contributed by atoms with van der Waals surface area (Å²) >= 11 is 6.39. The second kappa shape index (κ2) is 10.7. The molecule has 34 heavy (non-hydrogen) atoms. The van der Waals surface area contributed by atoms with Gasteiger partial charge in [0.2, 0.25) is 0 Å². The molecule has 0 aliphatic rings. The summed E-state index contributed by atoms with van der Waals surface area (Å²) in [6, 6.07) is 20.4. The Morgan fingerprint density at radius 1 is 0.941 bits per heavy atom. The standard InChI is InChI=1S/C26H20ClFN4O2/c27-22-9-5-4-8-19(22)17-32(26(34)23-16-29-14-15-30-23)24(18-6-2-1-3-7-18)25(33)31-21-12-10-20(28)11-13-21/h1-16,24H,17H2,(H,31,33)/t24-/m1/s1. The van der Waals surface area contributed by atoms with Crippen molar-refractivity contribution in [2.45, 2.75) is 12.6 Å². The van der Waals surface area contributed by atoms with Crippen LogP contribution >= 0.6 is 11.6 Å². The zero-order valence-electron chi connectivity index (χ0n) is 17.9. The number of aromatic nitrogens is 2. The van der Waals surface area contributed by atoms with Crippen LogP contribution in [0.25, 0.3) is 0 Å². The van der Waals surface area contributed by atoms with Crippen LogP contribution in [-0.2, 0) is 11.3 Å². The van der Waals surface area contributed by atoms with Crippen LogP contribution in [0.4, 0.5) is 10.1 Å². The number of hydrogen-bond donors (Lipinski definition) is 1. The summed E-state index contributed by atoms with van der Waals surface area (Å²) in [5, 5.41) is 3.25. The smallest absolute Gasteiger partial charge is 0.275 e. The fourth-order valence-electron chi connectivity index (χ4n) is 3.50. The van der Waals surface area contributed by atoms with Crippen LogP contribution in [0.1, 0.15) is 27.7 Å². The summed E-state index contributed by atoms with van der Waals surface area (Å²) < 4.78 is 13.4. The molecule has 0 spiro atoms. The number of hydrogen-bond acceptors (Lipinski definition) is 4. The Labute approximate surface area is 201 Å². The number of amides is 2. The molecular weight excluding hydrogens is 455 g/mol. The molecule has 0 bridgehead atoms. The third kappa shape index (κ3) is 5.44. The molecule has 0 aliphatic heterocycles. The summed E-state index contributed by atoms with van der Waals surface area (Å²) in [7, 11) is 0. The van der Waals surface area contributed by atoms with Gasteiger partial charge in [0, 0.05) is 29.6 Å². The fourth-order valence-corrected chi connectivity index (χ4v) is 3.69. The molecule has 1 atom stereocenters. The summed E-state index contributed by atoms with van der Waals surface area (Å²) in [4.78, 5) is 36.7. The summed E-state index contributed by atoms with van der Waals surface area (Å²) in [6.07, 6.45) is 4.23. The van der Waals surface area contributed by atoms with Gasteiger partial charge in [-0.25, -0.2) is 9.37 Å². The third-order valence-electron chi connectivity index (χ3n) is 5.13. The van der Waals surface area contributed by atoms with E-state index < -0.39 is 23.7 Å². The molecule has 0 unspecified atom stereocenters.